The molecule has 0 aliphatic carbocycles. The molecule has 0 heterocycles. The van der Waals surface area contributed by atoms with Gasteiger partial charge < -0.3 is 10.6 Å². The molecule has 2 N–H and O–H groups in total. The fourth-order valence-electron chi connectivity index (χ4n) is 1.46. The van der Waals surface area contributed by atoms with Gasteiger partial charge in [-0.2, -0.15) is 0 Å². The fourth-order valence-corrected chi connectivity index (χ4v) is 1.86. The van der Waals surface area contributed by atoms with Crippen LogP contribution in [-0.2, 0) is 0 Å². The molecule has 0 atom stereocenters. The van der Waals surface area contributed by atoms with Crippen LogP contribution < -0.4 is 10.6 Å². The van der Waals surface area contributed by atoms with Gasteiger partial charge in [-0.15, -0.1) is 0 Å². The second-order valence-electron chi connectivity index (χ2n) is 3.81. The van der Waals surface area contributed by atoms with Crippen molar-refractivity contribution in [3.8, 4) is 0 Å². The Kier molecular flexibility index (Phi) is 4.46. The Hall–Kier alpha value is -1.79. The van der Waals surface area contributed by atoms with Gasteiger partial charge in [-0.3, -0.25) is 0 Å². The van der Waals surface area contributed by atoms with Crippen molar-refractivity contribution in [2.75, 3.05) is 10.6 Å². The molecule has 2 nitrogen and oxygen atoms in total. The van der Waals surface area contributed by atoms with Crippen molar-refractivity contribution >= 4 is 40.3 Å². The maximum absolute atomic E-state index is 13.6. The number of rotatable bonds is 2. The van der Waals surface area contributed by atoms with Crippen LogP contribution in [0.2, 0.25) is 5.02 Å². The second kappa shape index (κ2) is 6.11. The van der Waals surface area contributed by atoms with E-state index in [4.69, 9.17) is 23.8 Å². The van der Waals surface area contributed by atoms with E-state index in [-0.39, 0.29) is 21.5 Å². The Morgan fingerprint density at radius 2 is 1.75 bits per heavy atom. The van der Waals surface area contributed by atoms with Crippen molar-refractivity contribution in [1.82, 2.24) is 0 Å². The number of halogens is 4. The minimum Gasteiger partial charge on any atom is -0.332 e. The molecule has 0 bridgehead atoms. The first-order valence-corrected chi connectivity index (χ1v) is 6.23. The van der Waals surface area contributed by atoms with Gasteiger partial charge in [0, 0.05) is 11.8 Å². The van der Waals surface area contributed by atoms with Crippen LogP contribution in [0.15, 0.2) is 36.4 Å². The molecule has 0 aromatic heterocycles. The van der Waals surface area contributed by atoms with Gasteiger partial charge in [0.15, 0.2) is 22.6 Å². The van der Waals surface area contributed by atoms with Crippen molar-refractivity contribution < 1.29 is 13.2 Å². The van der Waals surface area contributed by atoms with E-state index < -0.39 is 17.5 Å². The molecule has 0 aliphatic rings. The van der Waals surface area contributed by atoms with Crippen molar-refractivity contribution in [2.45, 2.75) is 0 Å². The number of thiocarbonyl (C=S) groups is 1. The van der Waals surface area contributed by atoms with Gasteiger partial charge in [0.2, 0.25) is 0 Å². The highest BCUT2D eigenvalue weighted by molar-refractivity contribution is 7.80. The topological polar surface area (TPSA) is 24.1 Å². The van der Waals surface area contributed by atoms with Crippen molar-refractivity contribution in [1.29, 1.82) is 0 Å². The van der Waals surface area contributed by atoms with Crippen LogP contribution in [0.1, 0.15) is 0 Å². The van der Waals surface area contributed by atoms with E-state index in [9.17, 15) is 13.2 Å². The van der Waals surface area contributed by atoms with E-state index >= 15 is 0 Å². The number of nitrogens with one attached hydrogen (secondary N) is 2. The lowest BCUT2D eigenvalue weighted by molar-refractivity contribution is 0.509. The SMILES string of the molecule is Fc1ccc(NC(=S)Nc2cccc(Cl)c2F)cc1F. The Labute approximate surface area is 123 Å². The fraction of sp³-hybridized carbons (Fsp3) is 0. The minimum atomic E-state index is -1.01. The van der Waals surface area contributed by atoms with E-state index in [1.165, 1.54) is 18.2 Å². The van der Waals surface area contributed by atoms with E-state index in [0.717, 1.165) is 12.1 Å². The summed E-state index contributed by atoms with van der Waals surface area (Å²) >= 11 is 10.6. The lowest BCUT2D eigenvalue weighted by atomic mass is 10.3. The molecule has 0 saturated carbocycles. The van der Waals surface area contributed by atoms with Crippen LogP contribution in [0.5, 0.6) is 0 Å². The summed E-state index contributed by atoms with van der Waals surface area (Å²) in [7, 11) is 0. The number of hydrogen-bond acceptors (Lipinski definition) is 1. The van der Waals surface area contributed by atoms with Gasteiger partial charge in [0.25, 0.3) is 0 Å². The van der Waals surface area contributed by atoms with Crippen LogP contribution in [0.3, 0.4) is 0 Å². The van der Waals surface area contributed by atoms with E-state index in [1.54, 1.807) is 6.07 Å². The summed E-state index contributed by atoms with van der Waals surface area (Å²) in [4.78, 5) is 0. The van der Waals surface area contributed by atoms with Gasteiger partial charge in [-0.05, 0) is 36.5 Å². The predicted octanol–water partition coefficient (Wildman–Crippen LogP) is 4.57. The molecule has 2 aromatic carbocycles. The first kappa shape index (κ1) is 14.6. The van der Waals surface area contributed by atoms with Gasteiger partial charge in [-0.1, -0.05) is 17.7 Å². The number of hydrogen-bond donors (Lipinski definition) is 2. The van der Waals surface area contributed by atoms with Gasteiger partial charge in [0.05, 0.1) is 10.7 Å². The molecule has 2 aromatic rings. The molecule has 7 heteroatoms. The van der Waals surface area contributed by atoms with Crippen LogP contribution >= 0.6 is 23.8 Å². The largest absolute Gasteiger partial charge is 0.332 e. The Bertz CT molecular complexity index is 664. The smallest absolute Gasteiger partial charge is 0.175 e. The zero-order valence-electron chi connectivity index (χ0n) is 9.88. The van der Waals surface area contributed by atoms with Crippen LogP contribution in [0.25, 0.3) is 0 Å². The Balaban J connectivity index is 2.09. The van der Waals surface area contributed by atoms with Crippen molar-refractivity contribution in [3.05, 3.63) is 58.9 Å². The summed E-state index contributed by atoms with van der Waals surface area (Å²) in [6.07, 6.45) is 0. The third-order valence-electron chi connectivity index (χ3n) is 2.38. The monoisotopic (exact) mass is 316 g/mol. The molecule has 0 saturated heterocycles. The Morgan fingerprint density at radius 3 is 2.45 bits per heavy atom. The third kappa shape index (κ3) is 3.40. The normalized spacial score (nSPS) is 10.2. The maximum atomic E-state index is 13.6. The summed E-state index contributed by atoms with van der Waals surface area (Å²) in [6, 6.07) is 7.60. The Morgan fingerprint density at radius 1 is 1.00 bits per heavy atom. The quantitative estimate of drug-likeness (QED) is 0.794. The highest BCUT2D eigenvalue weighted by Gasteiger charge is 2.08. The molecule has 0 radical (unpaired) electrons. The van der Waals surface area contributed by atoms with Crippen LogP contribution in [0.4, 0.5) is 24.5 Å². The van der Waals surface area contributed by atoms with Crippen molar-refractivity contribution in [2.24, 2.45) is 0 Å². The third-order valence-corrected chi connectivity index (χ3v) is 2.87. The number of benzene rings is 2. The minimum absolute atomic E-state index is 0.0252. The highest BCUT2D eigenvalue weighted by Crippen LogP contribution is 2.22. The lowest BCUT2D eigenvalue weighted by Crippen LogP contribution is -2.20. The number of anilines is 2. The molecule has 0 spiro atoms. The first-order chi connectivity index (χ1) is 9.47. The zero-order valence-corrected chi connectivity index (χ0v) is 11.5. The molecule has 20 heavy (non-hydrogen) atoms. The summed E-state index contributed by atoms with van der Waals surface area (Å²) in [5.74, 6) is -2.62. The van der Waals surface area contributed by atoms with Gasteiger partial charge in [0.1, 0.15) is 0 Å². The van der Waals surface area contributed by atoms with Crippen LogP contribution in [0, 0.1) is 17.5 Å². The highest BCUT2D eigenvalue weighted by atomic mass is 35.5. The molecule has 2 rings (SSSR count). The molecule has 0 fully saturated rings. The summed E-state index contributed by atoms with van der Waals surface area (Å²) in [6.45, 7) is 0. The molecular formula is C13H8ClF3N2S. The molecule has 0 aliphatic heterocycles. The average molecular weight is 317 g/mol. The summed E-state index contributed by atoms with van der Waals surface area (Å²) < 4.78 is 39.4. The van der Waals surface area contributed by atoms with E-state index in [1.807, 2.05) is 0 Å². The van der Waals surface area contributed by atoms with E-state index in [2.05, 4.69) is 10.6 Å². The lowest BCUT2D eigenvalue weighted by Gasteiger charge is -2.11. The van der Waals surface area contributed by atoms with Gasteiger partial charge >= 0.3 is 0 Å². The average Bonchev–Trinajstić information content (AvgIpc) is 2.39. The maximum Gasteiger partial charge on any atom is 0.175 e. The van der Waals surface area contributed by atoms with Crippen molar-refractivity contribution in [3.63, 3.8) is 0 Å². The molecule has 0 unspecified atom stereocenters. The molecular weight excluding hydrogens is 309 g/mol. The van der Waals surface area contributed by atoms with Gasteiger partial charge in [-0.25, -0.2) is 13.2 Å². The predicted molar refractivity (Wildman–Crippen MR) is 77.6 cm³/mol. The standard InChI is InChI=1S/C13H8ClF3N2S/c14-8-2-1-3-11(12(8)17)19-13(20)18-7-4-5-9(15)10(16)6-7/h1-6H,(H2,18,19,20). The summed E-state index contributed by atoms with van der Waals surface area (Å²) in [5, 5.41) is 5.16. The molecule has 0 amide bonds. The summed E-state index contributed by atoms with van der Waals surface area (Å²) in [5.41, 5.74) is 0.321. The second-order valence-corrected chi connectivity index (χ2v) is 4.62. The zero-order chi connectivity index (χ0) is 14.7. The van der Waals surface area contributed by atoms with E-state index in [0.29, 0.717) is 0 Å². The first-order valence-electron chi connectivity index (χ1n) is 5.44. The van der Waals surface area contributed by atoms with Crippen LogP contribution in [-0.4, -0.2) is 5.11 Å². The molecule has 104 valence electrons.